The molecule has 3 aromatic rings. The van der Waals surface area contributed by atoms with Gasteiger partial charge in [0.1, 0.15) is 0 Å². The van der Waals surface area contributed by atoms with Crippen molar-refractivity contribution in [1.82, 2.24) is 20.1 Å². The third-order valence-electron chi connectivity index (χ3n) is 4.19. The molecular formula is C19H21ClN4O. The van der Waals surface area contributed by atoms with Gasteiger partial charge in [-0.2, -0.15) is 5.10 Å². The van der Waals surface area contributed by atoms with Gasteiger partial charge in [0.15, 0.2) is 5.65 Å². The van der Waals surface area contributed by atoms with Gasteiger partial charge in [0.25, 0.3) is 5.91 Å². The smallest absolute Gasteiger partial charge is 0.253 e. The maximum atomic E-state index is 12.7. The Morgan fingerprint density at radius 1 is 1.24 bits per heavy atom. The molecule has 0 saturated carbocycles. The van der Waals surface area contributed by atoms with Crippen LogP contribution < -0.4 is 5.32 Å². The minimum atomic E-state index is -0.156. The number of aryl methyl sites for hydroxylation is 1. The van der Waals surface area contributed by atoms with Gasteiger partial charge < -0.3 is 5.32 Å². The van der Waals surface area contributed by atoms with Crippen LogP contribution in [-0.2, 0) is 0 Å². The maximum Gasteiger partial charge on any atom is 0.253 e. The predicted molar refractivity (Wildman–Crippen MR) is 100.0 cm³/mol. The molecule has 6 heteroatoms. The molecule has 3 rings (SSSR count). The van der Waals surface area contributed by atoms with Gasteiger partial charge in [0, 0.05) is 16.5 Å². The van der Waals surface area contributed by atoms with Crippen molar-refractivity contribution in [3.63, 3.8) is 0 Å². The second-order valence-corrected chi connectivity index (χ2v) is 6.90. The molecule has 130 valence electrons. The second-order valence-electron chi connectivity index (χ2n) is 6.47. The number of rotatable bonds is 4. The summed E-state index contributed by atoms with van der Waals surface area (Å²) in [6.45, 7) is 7.88. The molecule has 0 bridgehead atoms. The van der Waals surface area contributed by atoms with Crippen LogP contribution in [0.1, 0.15) is 54.5 Å². The van der Waals surface area contributed by atoms with Gasteiger partial charge in [-0.3, -0.25) is 4.79 Å². The van der Waals surface area contributed by atoms with Gasteiger partial charge in [-0.15, -0.1) is 0 Å². The Hall–Kier alpha value is -2.40. The summed E-state index contributed by atoms with van der Waals surface area (Å²) < 4.78 is 1.86. The predicted octanol–water partition coefficient (Wildman–Crippen LogP) is 4.47. The molecule has 0 fully saturated rings. The average Bonchev–Trinajstić information content (AvgIpc) is 2.96. The van der Waals surface area contributed by atoms with Crippen molar-refractivity contribution in [2.75, 3.05) is 0 Å². The standard InChI is InChI=1S/C19H21ClN4O/c1-11(2)24-18-15(10-21-24)9-17(13(4)22-18)19(25)23-12(3)14-6-5-7-16(20)8-14/h5-12H,1-4H3,(H,23,25). The molecule has 0 aliphatic heterocycles. The highest BCUT2D eigenvalue weighted by molar-refractivity contribution is 6.30. The zero-order valence-electron chi connectivity index (χ0n) is 14.7. The van der Waals surface area contributed by atoms with E-state index in [1.54, 1.807) is 6.20 Å². The Morgan fingerprint density at radius 3 is 2.68 bits per heavy atom. The molecule has 0 saturated heterocycles. The number of fused-ring (bicyclic) bond motifs is 1. The number of aromatic nitrogens is 3. The first-order chi connectivity index (χ1) is 11.9. The van der Waals surface area contributed by atoms with Crippen LogP contribution in [-0.4, -0.2) is 20.7 Å². The first kappa shape index (κ1) is 17.4. The molecule has 25 heavy (non-hydrogen) atoms. The molecule has 2 aromatic heterocycles. The molecule has 1 atom stereocenters. The Labute approximate surface area is 152 Å². The lowest BCUT2D eigenvalue weighted by atomic mass is 10.1. The number of hydrogen-bond donors (Lipinski definition) is 1. The lowest BCUT2D eigenvalue weighted by molar-refractivity contribution is 0.0939. The fourth-order valence-corrected chi connectivity index (χ4v) is 3.01. The van der Waals surface area contributed by atoms with E-state index in [1.165, 1.54) is 0 Å². The van der Waals surface area contributed by atoms with E-state index in [2.05, 4.69) is 29.2 Å². The second kappa shape index (κ2) is 6.84. The van der Waals surface area contributed by atoms with Crippen LogP contribution in [0.3, 0.4) is 0 Å². The van der Waals surface area contributed by atoms with E-state index in [0.717, 1.165) is 16.6 Å². The van der Waals surface area contributed by atoms with Crippen LogP contribution in [0.25, 0.3) is 11.0 Å². The zero-order valence-corrected chi connectivity index (χ0v) is 15.5. The fourth-order valence-electron chi connectivity index (χ4n) is 2.81. The fraction of sp³-hybridized carbons (Fsp3) is 0.316. The first-order valence-corrected chi connectivity index (χ1v) is 8.66. The summed E-state index contributed by atoms with van der Waals surface area (Å²) >= 11 is 6.03. The third-order valence-corrected chi connectivity index (χ3v) is 4.42. The summed E-state index contributed by atoms with van der Waals surface area (Å²) in [6.07, 6.45) is 1.75. The van der Waals surface area contributed by atoms with E-state index in [9.17, 15) is 4.79 Å². The van der Waals surface area contributed by atoms with E-state index in [0.29, 0.717) is 16.3 Å². The van der Waals surface area contributed by atoms with E-state index in [1.807, 2.05) is 48.9 Å². The Balaban J connectivity index is 1.88. The summed E-state index contributed by atoms with van der Waals surface area (Å²) in [5.41, 5.74) is 3.00. The molecule has 0 spiro atoms. The topological polar surface area (TPSA) is 59.8 Å². The number of nitrogens with zero attached hydrogens (tertiary/aromatic N) is 3. The van der Waals surface area contributed by atoms with Gasteiger partial charge in [-0.25, -0.2) is 9.67 Å². The number of halogens is 1. The molecular weight excluding hydrogens is 336 g/mol. The van der Waals surface area contributed by atoms with Crippen LogP contribution in [0, 0.1) is 6.92 Å². The number of benzene rings is 1. The average molecular weight is 357 g/mol. The quantitative estimate of drug-likeness (QED) is 0.750. The summed E-state index contributed by atoms with van der Waals surface area (Å²) in [6, 6.07) is 9.40. The van der Waals surface area contributed by atoms with E-state index in [4.69, 9.17) is 11.6 Å². The number of pyridine rings is 1. The van der Waals surface area contributed by atoms with Crippen molar-refractivity contribution in [3.8, 4) is 0 Å². The van der Waals surface area contributed by atoms with Crippen LogP contribution in [0.4, 0.5) is 0 Å². The van der Waals surface area contributed by atoms with Gasteiger partial charge >= 0.3 is 0 Å². The van der Waals surface area contributed by atoms with Crippen molar-refractivity contribution in [2.24, 2.45) is 0 Å². The van der Waals surface area contributed by atoms with Crippen molar-refractivity contribution < 1.29 is 4.79 Å². The molecule has 2 heterocycles. The Kier molecular flexibility index (Phi) is 4.77. The van der Waals surface area contributed by atoms with Gasteiger partial charge in [0.2, 0.25) is 0 Å². The molecule has 5 nitrogen and oxygen atoms in total. The molecule has 1 amide bonds. The Bertz CT molecular complexity index is 932. The monoisotopic (exact) mass is 356 g/mol. The summed E-state index contributed by atoms with van der Waals surface area (Å²) in [5.74, 6) is -0.156. The van der Waals surface area contributed by atoms with E-state index < -0.39 is 0 Å². The maximum absolute atomic E-state index is 12.7. The van der Waals surface area contributed by atoms with Crippen LogP contribution in [0.5, 0.6) is 0 Å². The lowest BCUT2D eigenvalue weighted by Gasteiger charge is -2.16. The van der Waals surface area contributed by atoms with Gasteiger partial charge in [0.05, 0.1) is 23.5 Å². The molecule has 0 aliphatic rings. The molecule has 1 aromatic carbocycles. The summed E-state index contributed by atoms with van der Waals surface area (Å²) in [4.78, 5) is 17.3. The number of nitrogens with one attached hydrogen (secondary N) is 1. The molecule has 1 N–H and O–H groups in total. The molecule has 0 radical (unpaired) electrons. The SMILES string of the molecule is Cc1nc2c(cnn2C(C)C)cc1C(=O)NC(C)c1cccc(Cl)c1. The molecule has 0 aliphatic carbocycles. The van der Waals surface area contributed by atoms with Crippen LogP contribution >= 0.6 is 11.6 Å². The highest BCUT2D eigenvalue weighted by atomic mass is 35.5. The van der Waals surface area contributed by atoms with Crippen LogP contribution in [0.2, 0.25) is 5.02 Å². The van der Waals surface area contributed by atoms with E-state index in [-0.39, 0.29) is 18.0 Å². The van der Waals surface area contributed by atoms with Gasteiger partial charge in [-0.05, 0) is 51.5 Å². The van der Waals surface area contributed by atoms with Crippen molar-refractivity contribution in [1.29, 1.82) is 0 Å². The third kappa shape index (κ3) is 3.51. The number of carbonyl (C=O) groups excluding carboxylic acids is 1. The summed E-state index contributed by atoms with van der Waals surface area (Å²) in [7, 11) is 0. The van der Waals surface area contributed by atoms with E-state index >= 15 is 0 Å². The highest BCUT2D eigenvalue weighted by Crippen LogP contribution is 2.21. The largest absolute Gasteiger partial charge is 0.345 e. The normalized spacial score (nSPS) is 12.6. The number of hydrogen-bond acceptors (Lipinski definition) is 3. The zero-order chi connectivity index (χ0) is 18.1. The minimum absolute atomic E-state index is 0.153. The Morgan fingerprint density at radius 2 is 2.00 bits per heavy atom. The highest BCUT2D eigenvalue weighted by Gasteiger charge is 2.17. The van der Waals surface area contributed by atoms with Crippen molar-refractivity contribution in [3.05, 3.63) is 58.4 Å². The molecule has 1 unspecified atom stereocenters. The lowest BCUT2D eigenvalue weighted by Crippen LogP contribution is -2.27. The van der Waals surface area contributed by atoms with Crippen LogP contribution in [0.15, 0.2) is 36.5 Å². The first-order valence-electron chi connectivity index (χ1n) is 8.28. The van der Waals surface area contributed by atoms with Crippen molar-refractivity contribution in [2.45, 2.75) is 39.8 Å². The summed E-state index contributed by atoms with van der Waals surface area (Å²) in [5, 5.41) is 8.89. The number of amides is 1. The number of carbonyl (C=O) groups is 1. The van der Waals surface area contributed by atoms with Crippen molar-refractivity contribution >= 4 is 28.5 Å². The minimum Gasteiger partial charge on any atom is -0.345 e. The van der Waals surface area contributed by atoms with Gasteiger partial charge in [-0.1, -0.05) is 23.7 Å².